The first kappa shape index (κ1) is 10.4. The minimum Gasteiger partial charge on any atom is -0.465 e. The zero-order valence-corrected chi connectivity index (χ0v) is 9.48. The Bertz CT molecular complexity index is 522. The standard InChI is InChI=1S/C10H8N2O4S/c13-9-7(3-5-15-9)17-10-12-11-8(16-10)6-2-1-4-14-6/h1-2,4,7H,3,5H2/t7-/m0/s1. The van der Waals surface area contributed by atoms with E-state index in [2.05, 4.69) is 10.2 Å². The van der Waals surface area contributed by atoms with Crippen molar-refractivity contribution in [3.63, 3.8) is 0 Å². The fourth-order valence-corrected chi connectivity index (χ4v) is 2.30. The number of furan rings is 1. The first-order valence-corrected chi connectivity index (χ1v) is 5.91. The molecule has 2 aromatic rings. The first-order valence-electron chi connectivity index (χ1n) is 5.03. The highest BCUT2D eigenvalue weighted by molar-refractivity contribution is 8.00. The van der Waals surface area contributed by atoms with Gasteiger partial charge in [0.1, 0.15) is 5.25 Å². The van der Waals surface area contributed by atoms with Gasteiger partial charge in [0.15, 0.2) is 5.76 Å². The first-order chi connectivity index (χ1) is 8.33. The summed E-state index contributed by atoms with van der Waals surface area (Å²) in [4.78, 5) is 11.3. The van der Waals surface area contributed by atoms with Crippen molar-refractivity contribution < 1.29 is 18.4 Å². The molecule has 17 heavy (non-hydrogen) atoms. The number of aromatic nitrogens is 2. The summed E-state index contributed by atoms with van der Waals surface area (Å²) in [6.45, 7) is 0.454. The van der Waals surface area contributed by atoms with E-state index in [9.17, 15) is 4.79 Å². The molecule has 3 heterocycles. The van der Waals surface area contributed by atoms with Crippen molar-refractivity contribution in [2.45, 2.75) is 16.9 Å². The Balaban J connectivity index is 1.75. The lowest BCUT2D eigenvalue weighted by Gasteiger charge is -1.98. The van der Waals surface area contributed by atoms with Crippen molar-refractivity contribution in [3.05, 3.63) is 18.4 Å². The summed E-state index contributed by atoms with van der Waals surface area (Å²) in [5, 5.41) is 7.79. The molecule has 0 aromatic carbocycles. The molecule has 1 fully saturated rings. The quantitative estimate of drug-likeness (QED) is 0.770. The second kappa shape index (κ2) is 4.25. The van der Waals surface area contributed by atoms with Crippen molar-refractivity contribution in [1.82, 2.24) is 10.2 Å². The Morgan fingerprint density at radius 1 is 1.41 bits per heavy atom. The fourth-order valence-electron chi connectivity index (χ4n) is 1.46. The van der Waals surface area contributed by atoms with E-state index in [1.54, 1.807) is 12.1 Å². The van der Waals surface area contributed by atoms with Gasteiger partial charge in [-0.3, -0.25) is 4.79 Å². The number of carbonyl (C=O) groups excluding carboxylic acids is 1. The summed E-state index contributed by atoms with van der Waals surface area (Å²) in [6.07, 6.45) is 2.20. The molecule has 0 bridgehead atoms. The van der Waals surface area contributed by atoms with Gasteiger partial charge in [0.05, 0.1) is 12.9 Å². The number of rotatable bonds is 3. The Morgan fingerprint density at radius 2 is 2.35 bits per heavy atom. The Hall–Kier alpha value is -1.76. The number of ether oxygens (including phenoxy) is 1. The van der Waals surface area contributed by atoms with Crippen molar-refractivity contribution in [3.8, 4) is 11.7 Å². The van der Waals surface area contributed by atoms with Gasteiger partial charge in [0.2, 0.25) is 0 Å². The minimum atomic E-state index is -0.250. The van der Waals surface area contributed by atoms with Crippen LogP contribution in [0.5, 0.6) is 0 Å². The SMILES string of the molecule is O=C1OCC[C@@H]1Sc1nnc(-c2ccco2)o1. The van der Waals surface area contributed by atoms with Crippen LogP contribution >= 0.6 is 11.8 Å². The molecule has 1 aliphatic rings. The Labute approximate surface area is 100 Å². The zero-order chi connectivity index (χ0) is 11.7. The summed E-state index contributed by atoms with van der Waals surface area (Å²) in [7, 11) is 0. The van der Waals surface area contributed by atoms with Crippen molar-refractivity contribution in [1.29, 1.82) is 0 Å². The van der Waals surface area contributed by atoms with E-state index in [-0.39, 0.29) is 11.2 Å². The van der Waals surface area contributed by atoms with Crippen LogP contribution in [-0.2, 0) is 9.53 Å². The van der Waals surface area contributed by atoms with E-state index in [0.29, 0.717) is 29.9 Å². The molecule has 6 nitrogen and oxygen atoms in total. The lowest BCUT2D eigenvalue weighted by atomic mass is 10.4. The number of esters is 1. The Morgan fingerprint density at radius 3 is 3.06 bits per heavy atom. The summed E-state index contributed by atoms with van der Waals surface area (Å²) < 4.78 is 15.4. The molecule has 0 amide bonds. The molecule has 1 aliphatic heterocycles. The van der Waals surface area contributed by atoms with Crippen molar-refractivity contribution in [2.75, 3.05) is 6.61 Å². The highest BCUT2D eigenvalue weighted by Crippen LogP contribution is 2.30. The van der Waals surface area contributed by atoms with Crippen LogP contribution in [0, 0.1) is 0 Å². The number of cyclic esters (lactones) is 1. The maximum absolute atomic E-state index is 11.3. The molecule has 0 spiro atoms. The number of nitrogens with zero attached hydrogens (tertiary/aromatic N) is 2. The molecular weight excluding hydrogens is 244 g/mol. The predicted octanol–water partition coefficient (Wildman–Crippen LogP) is 1.74. The number of hydrogen-bond acceptors (Lipinski definition) is 7. The van der Waals surface area contributed by atoms with E-state index in [4.69, 9.17) is 13.6 Å². The van der Waals surface area contributed by atoms with Gasteiger partial charge >= 0.3 is 5.97 Å². The molecule has 0 radical (unpaired) electrons. The third-order valence-corrected chi connectivity index (χ3v) is 3.35. The highest BCUT2D eigenvalue weighted by atomic mass is 32.2. The average Bonchev–Trinajstić information content (AvgIpc) is 3.02. The molecule has 3 rings (SSSR count). The molecule has 1 saturated heterocycles. The summed E-state index contributed by atoms with van der Waals surface area (Å²) in [6, 6.07) is 3.46. The number of thioether (sulfide) groups is 1. The lowest BCUT2D eigenvalue weighted by molar-refractivity contribution is -0.137. The van der Waals surface area contributed by atoms with Gasteiger partial charge in [0, 0.05) is 6.42 Å². The van der Waals surface area contributed by atoms with Crippen LogP contribution in [-0.4, -0.2) is 28.0 Å². The monoisotopic (exact) mass is 252 g/mol. The van der Waals surface area contributed by atoms with Crippen LogP contribution in [0.1, 0.15) is 6.42 Å². The van der Waals surface area contributed by atoms with Crippen LogP contribution in [0.3, 0.4) is 0 Å². The molecule has 2 aromatic heterocycles. The van der Waals surface area contributed by atoms with Gasteiger partial charge in [-0.15, -0.1) is 10.2 Å². The second-order valence-corrected chi connectivity index (χ2v) is 4.57. The molecule has 0 saturated carbocycles. The molecule has 88 valence electrons. The van der Waals surface area contributed by atoms with Crippen LogP contribution in [0.15, 0.2) is 32.5 Å². The third-order valence-electron chi connectivity index (χ3n) is 2.27. The van der Waals surface area contributed by atoms with E-state index in [1.807, 2.05) is 0 Å². The topological polar surface area (TPSA) is 78.4 Å². The molecular formula is C10H8N2O4S. The smallest absolute Gasteiger partial charge is 0.319 e. The van der Waals surface area contributed by atoms with E-state index in [1.165, 1.54) is 18.0 Å². The maximum Gasteiger partial charge on any atom is 0.319 e. The maximum atomic E-state index is 11.3. The lowest BCUT2D eigenvalue weighted by Crippen LogP contribution is -2.09. The summed E-state index contributed by atoms with van der Waals surface area (Å²) in [5.41, 5.74) is 0. The van der Waals surface area contributed by atoms with Crippen LogP contribution in [0.4, 0.5) is 0 Å². The van der Waals surface area contributed by atoms with Crippen LogP contribution in [0.25, 0.3) is 11.7 Å². The Kier molecular flexibility index (Phi) is 2.60. The molecule has 0 aliphatic carbocycles. The van der Waals surface area contributed by atoms with Crippen LogP contribution < -0.4 is 0 Å². The predicted molar refractivity (Wildman–Crippen MR) is 57.2 cm³/mol. The highest BCUT2D eigenvalue weighted by Gasteiger charge is 2.29. The molecule has 0 N–H and O–H groups in total. The normalized spacial score (nSPS) is 19.5. The van der Waals surface area contributed by atoms with Gasteiger partial charge in [-0.05, 0) is 23.9 Å². The number of carbonyl (C=O) groups is 1. The van der Waals surface area contributed by atoms with Gasteiger partial charge in [-0.25, -0.2) is 0 Å². The van der Waals surface area contributed by atoms with E-state index >= 15 is 0 Å². The van der Waals surface area contributed by atoms with Gasteiger partial charge in [-0.2, -0.15) is 0 Å². The summed E-state index contributed by atoms with van der Waals surface area (Å²) in [5.74, 6) is 0.593. The number of hydrogen-bond donors (Lipinski definition) is 0. The van der Waals surface area contributed by atoms with Crippen molar-refractivity contribution in [2.24, 2.45) is 0 Å². The van der Waals surface area contributed by atoms with Crippen LogP contribution in [0.2, 0.25) is 0 Å². The zero-order valence-electron chi connectivity index (χ0n) is 8.66. The van der Waals surface area contributed by atoms with E-state index < -0.39 is 0 Å². The van der Waals surface area contributed by atoms with Gasteiger partial charge in [-0.1, -0.05) is 0 Å². The molecule has 0 unspecified atom stereocenters. The van der Waals surface area contributed by atoms with Gasteiger partial charge in [0.25, 0.3) is 11.1 Å². The average molecular weight is 252 g/mol. The fraction of sp³-hybridized carbons (Fsp3) is 0.300. The van der Waals surface area contributed by atoms with E-state index in [0.717, 1.165) is 0 Å². The van der Waals surface area contributed by atoms with Crippen molar-refractivity contribution >= 4 is 17.7 Å². The molecule has 1 atom stereocenters. The third kappa shape index (κ3) is 2.05. The largest absolute Gasteiger partial charge is 0.465 e. The minimum absolute atomic E-state index is 0.229. The summed E-state index contributed by atoms with van der Waals surface area (Å²) >= 11 is 1.22. The molecule has 7 heteroatoms. The second-order valence-electron chi connectivity index (χ2n) is 3.41. The van der Waals surface area contributed by atoms with Gasteiger partial charge < -0.3 is 13.6 Å².